The van der Waals surface area contributed by atoms with E-state index < -0.39 is 10.0 Å². The molecule has 3 N–H and O–H groups in total. The fourth-order valence-corrected chi connectivity index (χ4v) is 5.39. The topological polar surface area (TPSA) is 72.2 Å². The first-order valence-corrected chi connectivity index (χ1v) is 9.36. The Balaban J connectivity index is 2.31. The van der Waals surface area contributed by atoms with Crippen molar-refractivity contribution in [2.24, 2.45) is 5.73 Å². The van der Waals surface area contributed by atoms with Gasteiger partial charge in [0.05, 0.1) is 3.79 Å². The number of sulfonamides is 1. The molecule has 0 aliphatic carbocycles. The van der Waals surface area contributed by atoms with E-state index in [-0.39, 0.29) is 4.90 Å². The second-order valence-electron chi connectivity index (χ2n) is 3.67. The number of nitrogens with one attached hydrogen (secondary N) is 1. The van der Waals surface area contributed by atoms with Crippen LogP contribution in [-0.4, -0.2) is 8.42 Å². The molecule has 0 aliphatic heterocycles. The Bertz CT molecular complexity index is 683. The van der Waals surface area contributed by atoms with Crippen LogP contribution in [0.15, 0.2) is 39.0 Å². The maximum Gasteiger partial charge on any atom is 0.263 e. The zero-order valence-corrected chi connectivity index (χ0v) is 14.9. The lowest BCUT2D eigenvalue weighted by atomic mass is 10.3. The van der Waals surface area contributed by atoms with Gasteiger partial charge in [-0.15, -0.1) is 11.3 Å². The van der Waals surface area contributed by atoms with Crippen molar-refractivity contribution in [3.05, 3.63) is 42.6 Å². The SMILES string of the molecule is NCc1cc(S(=O)(=O)Nc2ccc(I)cc2)c(Br)s1. The number of hydrogen-bond acceptors (Lipinski definition) is 4. The van der Waals surface area contributed by atoms with Crippen LogP contribution in [0.4, 0.5) is 5.69 Å². The van der Waals surface area contributed by atoms with Crippen LogP contribution >= 0.6 is 49.9 Å². The Morgan fingerprint density at radius 1 is 1.32 bits per heavy atom. The van der Waals surface area contributed by atoms with Gasteiger partial charge in [-0.05, 0) is 68.9 Å². The lowest BCUT2D eigenvalue weighted by Gasteiger charge is -2.07. The molecule has 0 fully saturated rings. The van der Waals surface area contributed by atoms with E-state index in [1.165, 1.54) is 11.3 Å². The van der Waals surface area contributed by atoms with Crippen molar-refractivity contribution >= 4 is 65.6 Å². The molecule has 0 atom stereocenters. The van der Waals surface area contributed by atoms with Crippen molar-refractivity contribution in [3.63, 3.8) is 0 Å². The maximum absolute atomic E-state index is 12.3. The number of rotatable bonds is 4. The minimum Gasteiger partial charge on any atom is -0.326 e. The second kappa shape index (κ2) is 6.08. The lowest BCUT2D eigenvalue weighted by molar-refractivity contribution is 0.601. The fourth-order valence-electron chi connectivity index (χ4n) is 1.41. The van der Waals surface area contributed by atoms with E-state index in [0.717, 1.165) is 8.45 Å². The monoisotopic (exact) mass is 472 g/mol. The van der Waals surface area contributed by atoms with E-state index in [4.69, 9.17) is 5.73 Å². The lowest BCUT2D eigenvalue weighted by Crippen LogP contribution is -2.12. The van der Waals surface area contributed by atoms with E-state index in [1.54, 1.807) is 18.2 Å². The molecule has 8 heteroatoms. The number of benzene rings is 1. The van der Waals surface area contributed by atoms with E-state index >= 15 is 0 Å². The van der Waals surface area contributed by atoms with Crippen LogP contribution in [0.1, 0.15) is 4.88 Å². The summed E-state index contributed by atoms with van der Waals surface area (Å²) in [6.45, 7) is 0.322. The minimum absolute atomic E-state index is 0.219. The second-order valence-corrected chi connectivity index (χ2v) is 9.02. The van der Waals surface area contributed by atoms with Crippen LogP contribution in [-0.2, 0) is 16.6 Å². The highest BCUT2D eigenvalue weighted by molar-refractivity contribution is 14.1. The molecule has 1 heterocycles. The van der Waals surface area contributed by atoms with Gasteiger partial charge >= 0.3 is 0 Å². The molecule has 0 spiro atoms. The van der Waals surface area contributed by atoms with E-state index in [9.17, 15) is 8.42 Å². The molecule has 0 amide bonds. The molecule has 102 valence electrons. The zero-order chi connectivity index (χ0) is 14.0. The predicted molar refractivity (Wildman–Crippen MR) is 89.9 cm³/mol. The van der Waals surface area contributed by atoms with Gasteiger partial charge in [0.25, 0.3) is 10.0 Å². The first kappa shape index (κ1) is 15.2. The van der Waals surface area contributed by atoms with Gasteiger partial charge in [-0.25, -0.2) is 8.42 Å². The molecule has 2 aromatic rings. The number of anilines is 1. The Morgan fingerprint density at radius 2 is 1.95 bits per heavy atom. The summed E-state index contributed by atoms with van der Waals surface area (Å²) in [5.41, 5.74) is 6.05. The third kappa shape index (κ3) is 3.69. The maximum atomic E-state index is 12.3. The molecule has 0 radical (unpaired) electrons. The molecule has 0 aliphatic rings. The molecular weight excluding hydrogens is 463 g/mol. The summed E-state index contributed by atoms with van der Waals surface area (Å²) in [6, 6.07) is 8.72. The number of halogens is 2. The number of nitrogens with two attached hydrogens (primary N) is 1. The van der Waals surface area contributed by atoms with Crippen molar-refractivity contribution in [1.29, 1.82) is 0 Å². The van der Waals surface area contributed by atoms with E-state index in [0.29, 0.717) is 16.0 Å². The molecule has 0 unspecified atom stereocenters. The van der Waals surface area contributed by atoms with Crippen LogP contribution in [0.5, 0.6) is 0 Å². The van der Waals surface area contributed by atoms with Gasteiger partial charge < -0.3 is 5.73 Å². The van der Waals surface area contributed by atoms with Crippen LogP contribution < -0.4 is 10.5 Å². The predicted octanol–water partition coefficient (Wildman–Crippen LogP) is 3.37. The van der Waals surface area contributed by atoms with Crippen molar-refractivity contribution in [3.8, 4) is 0 Å². The largest absolute Gasteiger partial charge is 0.326 e. The van der Waals surface area contributed by atoms with Crippen LogP contribution in [0.2, 0.25) is 0 Å². The Kier molecular flexibility index (Phi) is 4.88. The standard InChI is InChI=1S/C11H10BrIN2O2S2/c12-11-10(5-9(6-14)18-11)19(16,17)15-8-3-1-7(13)2-4-8/h1-5,15H,6,14H2. The quantitative estimate of drug-likeness (QED) is 0.670. The van der Waals surface area contributed by atoms with Crippen LogP contribution in [0.3, 0.4) is 0 Å². The molecule has 0 saturated heterocycles. The van der Waals surface area contributed by atoms with Gasteiger partial charge in [-0.2, -0.15) is 0 Å². The van der Waals surface area contributed by atoms with Crippen molar-refractivity contribution in [2.45, 2.75) is 11.4 Å². The molecular formula is C11H10BrIN2O2S2. The van der Waals surface area contributed by atoms with Crippen molar-refractivity contribution in [1.82, 2.24) is 0 Å². The van der Waals surface area contributed by atoms with E-state index in [1.807, 2.05) is 12.1 Å². The minimum atomic E-state index is -3.59. The average Bonchev–Trinajstić information content (AvgIpc) is 2.74. The average molecular weight is 473 g/mol. The normalized spacial score (nSPS) is 11.5. The Morgan fingerprint density at radius 3 is 2.47 bits per heavy atom. The van der Waals surface area contributed by atoms with Gasteiger partial charge in [0.2, 0.25) is 0 Å². The molecule has 1 aromatic carbocycles. The molecule has 0 bridgehead atoms. The first-order valence-electron chi connectivity index (χ1n) is 5.19. The van der Waals surface area contributed by atoms with Gasteiger partial charge in [-0.3, -0.25) is 4.72 Å². The van der Waals surface area contributed by atoms with Crippen molar-refractivity contribution < 1.29 is 8.42 Å². The Labute approximate surface area is 137 Å². The summed E-state index contributed by atoms with van der Waals surface area (Å²) >= 11 is 6.75. The third-order valence-electron chi connectivity index (χ3n) is 2.29. The number of hydrogen-bond donors (Lipinski definition) is 2. The van der Waals surface area contributed by atoms with E-state index in [2.05, 4.69) is 43.2 Å². The highest BCUT2D eigenvalue weighted by atomic mass is 127. The van der Waals surface area contributed by atoms with Crippen molar-refractivity contribution in [2.75, 3.05) is 4.72 Å². The molecule has 1 aromatic heterocycles. The Hall–Kier alpha value is -0.160. The molecule has 19 heavy (non-hydrogen) atoms. The first-order chi connectivity index (χ1) is 8.92. The fraction of sp³-hybridized carbons (Fsp3) is 0.0909. The summed E-state index contributed by atoms with van der Waals surface area (Å²) in [5, 5.41) is 0. The van der Waals surface area contributed by atoms with Gasteiger partial charge in [0.1, 0.15) is 4.90 Å². The smallest absolute Gasteiger partial charge is 0.263 e. The highest BCUT2D eigenvalue weighted by Gasteiger charge is 2.20. The summed E-state index contributed by atoms with van der Waals surface area (Å²) in [4.78, 5) is 1.03. The third-order valence-corrected chi connectivity index (χ3v) is 6.67. The molecule has 0 saturated carbocycles. The number of thiophene rings is 1. The van der Waals surface area contributed by atoms with Gasteiger partial charge in [-0.1, -0.05) is 0 Å². The summed E-state index contributed by atoms with van der Waals surface area (Å²) in [5.74, 6) is 0. The summed E-state index contributed by atoms with van der Waals surface area (Å²) < 4.78 is 28.7. The van der Waals surface area contributed by atoms with Crippen LogP contribution in [0.25, 0.3) is 0 Å². The molecule has 2 rings (SSSR count). The highest BCUT2D eigenvalue weighted by Crippen LogP contribution is 2.32. The van der Waals surface area contributed by atoms with Gasteiger partial charge in [0, 0.05) is 20.7 Å². The summed E-state index contributed by atoms with van der Waals surface area (Å²) in [6.07, 6.45) is 0. The summed E-state index contributed by atoms with van der Waals surface area (Å²) in [7, 11) is -3.59. The van der Waals surface area contributed by atoms with Crippen LogP contribution in [0, 0.1) is 3.57 Å². The molecule has 4 nitrogen and oxygen atoms in total. The zero-order valence-electron chi connectivity index (χ0n) is 9.56. The van der Waals surface area contributed by atoms with Gasteiger partial charge in [0.15, 0.2) is 0 Å².